The fraction of sp³-hybridized carbons (Fsp3) is 0.143. The molecule has 7 nitrogen and oxygen atoms in total. The largest absolute Gasteiger partial charge is 0.478 e. The van der Waals surface area contributed by atoms with E-state index in [0.717, 1.165) is 11.4 Å². The molecule has 3 rings (SSSR count). The molecule has 2 N–H and O–H groups in total. The lowest BCUT2D eigenvalue weighted by Crippen LogP contribution is -2.53. The Bertz CT molecular complexity index is 1100. The maximum absolute atomic E-state index is 12.7. The van der Waals surface area contributed by atoms with Crippen molar-refractivity contribution < 1.29 is 19.5 Å². The highest BCUT2D eigenvalue weighted by molar-refractivity contribution is 7.80. The van der Waals surface area contributed by atoms with Crippen LogP contribution in [-0.2, 0) is 9.59 Å². The summed E-state index contributed by atoms with van der Waals surface area (Å²) in [6.45, 7) is 7.50. The SMILES string of the molecule is C=CCN1C(=O)C(=Cc2cc(C)n(-c3cccc(C(=O)O)c3)c2C)C(=O)NC1=S. The summed E-state index contributed by atoms with van der Waals surface area (Å²) in [5.74, 6) is -2.06. The Morgan fingerprint density at radius 3 is 2.66 bits per heavy atom. The Balaban J connectivity index is 2.06. The van der Waals surface area contributed by atoms with Crippen molar-refractivity contribution in [3.8, 4) is 5.69 Å². The third-order valence-electron chi connectivity index (χ3n) is 4.62. The fourth-order valence-corrected chi connectivity index (χ4v) is 3.50. The summed E-state index contributed by atoms with van der Waals surface area (Å²) in [7, 11) is 0. The van der Waals surface area contributed by atoms with E-state index >= 15 is 0 Å². The molecule has 29 heavy (non-hydrogen) atoms. The summed E-state index contributed by atoms with van der Waals surface area (Å²) in [5, 5.41) is 11.8. The number of hydrogen-bond acceptors (Lipinski definition) is 4. The number of amides is 2. The molecule has 2 amide bonds. The molecule has 1 aromatic carbocycles. The van der Waals surface area contributed by atoms with Crippen LogP contribution in [0.4, 0.5) is 0 Å². The van der Waals surface area contributed by atoms with Crippen molar-refractivity contribution in [1.82, 2.24) is 14.8 Å². The van der Waals surface area contributed by atoms with Crippen LogP contribution < -0.4 is 5.32 Å². The van der Waals surface area contributed by atoms with Crippen LogP contribution in [0.25, 0.3) is 11.8 Å². The number of thiocarbonyl (C=S) groups is 1. The molecule has 1 aliphatic rings. The summed E-state index contributed by atoms with van der Waals surface area (Å²) in [5.41, 5.74) is 3.09. The number of rotatable bonds is 5. The Morgan fingerprint density at radius 1 is 1.28 bits per heavy atom. The van der Waals surface area contributed by atoms with E-state index in [1.165, 1.54) is 23.1 Å². The average Bonchev–Trinajstić information content (AvgIpc) is 2.95. The van der Waals surface area contributed by atoms with Crippen molar-refractivity contribution in [2.24, 2.45) is 0 Å². The lowest BCUT2D eigenvalue weighted by atomic mass is 10.1. The molecule has 1 aromatic heterocycles. The van der Waals surface area contributed by atoms with Crippen molar-refractivity contribution >= 4 is 41.2 Å². The van der Waals surface area contributed by atoms with Gasteiger partial charge in [-0.15, -0.1) is 6.58 Å². The highest BCUT2D eigenvalue weighted by Crippen LogP contribution is 2.24. The number of aryl methyl sites for hydroxylation is 1. The Morgan fingerprint density at radius 2 is 2.00 bits per heavy atom. The molecule has 2 aromatic rings. The first-order chi connectivity index (χ1) is 13.7. The van der Waals surface area contributed by atoms with Crippen molar-refractivity contribution in [3.05, 3.63) is 71.1 Å². The second-order valence-electron chi connectivity index (χ2n) is 6.54. The van der Waals surface area contributed by atoms with Gasteiger partial charge in [0.25, 0.3) is 11.8 Å². The first-order valence-corrected chi connectivity index (χ1v) is 9.18. The number of carboxylic acids is 1. The molecule has 0 saturated carbocycles. The number of nitrogens with one attached hydrogen (secondary N) is 1. The standard InChI is InChI=1S/C21H19N3O4S/c1-4-8-23-19(26)17(18(25)22-21(23)29)11-15-9-12(2)24(13(15)3)16-7-5-6-14(10-16)20(27)28/h4-7,9-11H,1,8H2,2-3H3,(H,27,28)(H,22,25,29). The van der Waals surface area contributed by atoms with Gasteiger partial charge in [-0.2, -0.15) is 0 Å². The Hall–Kier alpha value is -3.52. The number of aromatic nitrogens is 1. The van der Waals surface area contributed by atoms with E-state index < -0.39 is 17.8 Å². The first kappa shape index (κ1) is 20.2. The molecule has 1 aliphatic heterocycles. The third kappa shape index (κ3) is 3.74. The number of carbonyl (C=O) groups excluding carboxylic acids is 2. The summed E-state index contributed by atoms with van der Waals surface area (Å²) in [4.78, 5) is 37.6. The van der Waals surface area contributed by atoms with Gasteiger partial charge in [0.1, 0.15) is 5.57 Å². The molecule has 0 radical (unpaired) electrons. The second-order valence-corrected chi connectivity index (χ2v) is 6.93. The van der Waals surface area contributed by atoms with E-state index in [-0.39, 0.29) is 22.8 Å². The van der Waals surface area contributed by atoms with Gasteiger partial charge in [0.05, 0.1) is 5.56 Å². The molecule has 148 valence electrons. The predicted octanol–water partition coefficient (Wildman–Crippen LogP) is 2.61. The van der Waals surface area contributed by atoms with Crippen LogP contribution in [0.3, 0.4) is 0 Å². The Kier molecular flexibility index (Phi) is 5.47. The van der Waals surface area contributed by atoms with E-state index in [1.54, 1.807) is 18.2 Å². The molecule has 2 heterocycles. The van der Waals surface area contributed by atoms with Crippen molar-refractivity contribution in [2.45, 2.75) is 13.8 Å². The monoisotopic (exact) mass is 409 g/mol. The molecule has 0 spiro atoms. The first-order valence-electron chi connectivity index (χ1n) is 8.77. The van der Waals surface area contributed by atoms with Gasteiger partial charge < -0.3 is 9.67 Å². The molecular formula is C21H19N3O4S. The zero-order chi connectivity index (χ0) is 21.3. The molecule has 0 aliphatic carbocycles. The average molecular weight is 409 g/mol. The van der Waals surface area contributed by atoms with E-state index in [1.807, 2.05) is 24.5 Å². The molecule has 0 bridgehead atoms. The number of carboxylic acid groups (broad SMARTS) is 1. The topological polar surface area (TPSA) is 91.6 Å². The van der Waals surface area contributed by atoms with Crippen molar-refractivity contribution in [2.75, 3.05) is 6.54 Å². The normalized spacial score (nSPS) is 15.6. The Labute approximate surface area is 172 Å². The number of carbonyl (C=O) groups is 3. The van der Waals surface area contributed by atoms with E-state index in [0.29, 0.717) is 11.3 Å². The van der Waals surface area contributed by atoms with Crippen LogP contribution in [0.1, 0.15) is 27.3 Å². The number of aromatic carboxylic acids is 1. The lowest BCUT2D eigenvalue weighted by Gasteiger charge is -2.27. The number of nitrogens with zero attached hydrogens (tertiary/aromatic N) is 2. The maximum Gasteiger partial charge on any atom is 0.335 e. The summed E-state index contributed by atoms with van der Waals surface area (Å²) in [6.07, 6.45) is 3.05. The number of benzene rings is 1. The van der Waals surface area contributed by atoms with E-state index in [9.17, 15) is 19.5 Å². The number of hydrogen-bond donors (Lipinski definition) is 2. The van der Waals surface area contributed by atoms with Gasteiger partial charge in [0.15, 0.2) is 5.11 Å². The smallest absolute Gasteiger partial charge is 0.335 e. The highest BCUT2D eigenvalue weighted by atomic mass is 32.1. The van der Waals surface area contributed by atoms with Crippen LogP contribution in [-0.4, -0.2) is 44.0 Å². The van der Waals surface area contributed by atoms with Crippen LogP contribution >= 0.6 is 12.2 Å². The highest BCUT2D eigenvalue weighted by Gasteiger charge is 2.32. The van der Waals surface area contributed by atoms with Crippen LogP contribution in [0, 0.1) is 13.8 Å². The van der Waals surface area contributed by atoms with Crippen LogP contribution in [0.2, 0.25) is 0 Å². The molecule has 0 unspecified atom stereocenters. The van der Waals surface area contributed by atoms with E-state index in [2.05, 4.69) is 11.9 Å². The van der Waals surface area contributed by atoms with Gasteiger partial charge in [-0.3, -0.25) is 19.8 Å². The zero-order valence-corrected chi connectivity index (χ0v) is 16.7. The van der Waals surface area contributed by atoms with Gasteiger partial charge in [0.2, 0.25) is 0 Å². The minimum atomic E-state index is -1.01. The minimum absolute atomic E-state index is 0.0278. The zero-order valence-electron chi connectivity index (χ0n) is 15.9. The molecule has 1 fully saturated rings. The minimum Gasteiger partial charge on any atom is -0.478 e. The molecule has 0 atom stereocenters. The summed E-state index contributed by atoms with van der Waals surface area (Å²) < 4.78 is 1.87. The summed E-state index contributed by atoms with van der Waals surface area (Å²) in [6, 6.07) is 8.39. The molecule has 8 heteroatoms. The predicted molar refractivity (Wildman–Crippen MR) is 113 cm³/mol. The van der Waals surface area contributed by atoms with E-state index in [4.69, 9.17) is 12.2 Å². The van der Waals surface area contributed by atoms with Gasteiger partial charge in [-0.1, -0.05) is 12.1 Å². The van der Waals surface area contributed by atoms with Gasteiger partial charge in [-0.25, -0.2) is 4.79 Å². The van der Waals surface area contributed by atoms with Gasteiger partial charge in [0, 0.05) is 23.6 Å². The molecule has 1 saturated heterocycles. The summed E-state index contributed by atoms with van der Waals surface area (Å²) >= 11 is 5.06. The quantitative estimate of drug-likeness (QED) is 0.343. The lowest BCUT2D eigenvalue weighted by molar-refractivity contribution is -0.128. The van der Waals surface area contributed by atoms with Crippen LogP contribution in [0.15, 0.2) is 48.6 Å². The van der Waals surface area contributed by atoms with Crippen molar-refractivity contribution in [3.63, 3.8) is 0 Å². The second kappa shape index (κ2) is 7.84. The maximum atomic E-state index is 12.7. The van der Waals surface area contributed by atoms with Gasteiger partial charge >= 0.3 is 5.97 Å². The van der Waals surface area contributed by atoms with Crippen LogP contribution in [0.5, 0.6) is 0 Å². The fourth-order valence-electron chi connectivity index (χ4n) is 3.25. The van der Waals surface area contributed by atoms with Crippen molar-refractivity contribution in [1.29, 1.82) is 0 Å². The third-order valence-corrected chi connectivity index (χ3v) is 4.94. The molecular weight excluding hydrogens is 390 g/mol. The van der Waals surface area contributed by atoms with Gasteiger partial charge in [-0.05, 0) is 62.0 Å².